The molecule has 5 nitrogen and oxygen atoms in total. The first kappa shape index (κ1) is 19.2. The van der Waals surface area contributed by atoms with Crippen molar-refractivity contribution in [3.05, 3.63) is 58.1 Å². The number of sulfone groups is 1. The number of hydrogen-bond donors (Lipinski definition) is 0. The number of thioether (sulfide) groups is 1. The summed E-state index contributed by atoms with van der Waals surface area (Å²) in [5, 5.41) is 8.72. The first-order chi connectivity index (χ1) is 12.3. The molecule has 3 aromatic rings. The van der Waals surface area contributed by atoms with E-state index < -0.39 is 9.84 Å². The molecule has 0 aliphatic heterocycles. The van der Waals surface area contributed by atoms with Crippen molar-refractivity contribution < 1.29 is 12.8 Å². The lowest BCUT2D eigenvalue weighted by Gasteiger charge is -2.06. The Morgan fingerprint density at radius 2 is 1.81 bits per heavy atom. The molecule has 0 spiro atoms. The molecule has 0 saturated carbocycles. The monoisotopic (exact) mass is 428 g/mol. The zero-order chi connectivity index (χ0) is 18.7. The molecule has 0 N–H and O–H groups in total. The third-order valence-electron chi connectivity index (χ3n) is 3.51. The van der Waals surface area contributed by atoms with E-state index in [2.05, 4.69) is 10.2 Å². The van der Waals surface area contributed by atoms with Crippen molar-refractivity contribution in [2.24, 2.45) is 0 Å². The van der Waals surface area contributed by atoms with Gasteiger partial charge < -0.3 is 4.42 Å². The van der Waals surface area contributed by atoms with Gasteiger partial charge in [-0.15, -0.1) is 10.2 Å². The van der Waals surface area contributed by atoms with E-state index in [4.69, 9.17) is 27.6 Å². The van der Waals surface area contributed by atoms with Gasteiger partial charge in [0, 0.05) is 16.3 Å². The van der Waals surface area contributed by atoms with E-state index in [1.807, 2.05) is 31.2 Å². The number of aryl methyl sites for hydroxylation is 1. The predicted octanol–water partition coefficient (Wildman–Crippen LogP) is 4.92. The molecular weight excluding hydrogens is 415 g/mol. The summed E-state index contributed by atoms with van der Waals surface area (Å²) >= 11 is 13.0. The van der Waals surface area contributed by atoms with Crippen molar-refractivity contribution in [1.29, 1.82) is 0 Å². The van der Waals surface area contributed by atoms with E-state index in [9.17, 15) is 8.42 Å². The molecule has 0 unspecified atom stereocenters. The van der Waals surface area contributed by atoms with Crippen molar-refractivity contribution in [2.75, 3.05) is 11.5 Å². The lowest BCUT2D eigenvalue weighted by atomic mass is 10.1. The van der Waals surface area contributed by atoms with E-state index in [1.165, 1.54) is 23.9 Å². The summed E-state index contributed by atoms with van der Waals surface area (Å²) in [6, 6.07) is 12.1. The molecule has 1 heterocycles. The molecule has 0 fully saturated rings. The number of halogens is 2. The van der Waals surface area contributed by atoms with Crippen LogP contribution in [0.4, 0.5) is 0 Å². The van der Waals surface area contributed by atoms with Gasteiger partial charge in [-0.05, 0) is 37.3 Å². The number of rotatable bonds is 6. The van der Waals surface area contributed by atoms with Crippen molar-refractivity contribution in [2.45, 2.75) is 17.0 Å². The summed E-state index contributed by atoms with van der Waals surface area (Å²) in [4.78, 5) is 0.0261. The third kappa shape index (κ3) is 4.59. The number of benzene rings is 2. The van der Waals surface area contributed by atoms with Gasteiger partial charge >= 0.3 is 0 Å². The highest BCUT2D eigenvalue weighted by Gasteiger charge is 2.19. The highest BCUT2D eigenvalue weighted by Crippen LogP contribution is 2.28. The summed E-state index contributed by atoms with van der Waals surface area (Å²) < 4.78 is 30.4. The molecule has 0 saturated heterocycles. The summed E-state index contributed by atoms with van der Waals surface area (Å²) in [7, 11) is -3.56. The summed E-state index contributed by atoms with van der Waals surface area (Å²) in [6.45, 7) is 1.99. The SMILES string of the molecule is Cc1ccc(-c2nnc(SCCS(=O)(=O)c3cc(Cl)ccc3Cl)o2)cc1. The fraction of sp³-hybridized carbons (Fsp3) is 0.176. The molecule has 0 aliphatic rings. The van der Waals surface area contributed by atoms with Crippen LogP contribution < -0.4 is 0 Å². The van der Waals surface area contributed by atoms with Gasteiger partial charge in [0.1, 0.15) is 0 Å². The van der Waals surface area contributed by atoms with E-state index in [-0.39, 0.29) is 21.4 Å². The molecule has 9 heteroatoms. The highest BCUT2D eigenvalue weighted by atomic mass is 35.5. The largest absolute Gasteiger partial charge is 0.411 e. The molecule has 0 bridgehead atoms. The van der Waals surface area contributed by atoms with Crippen LogP contribution in [0.15, 0.2) is 57.0 Å². The van der Waals surface area contributed by atoms with Gasteiger partial charge in [0.15, 0.2) is 9.84 Å². The lowest BCUT2D eigenvalue weighted by molar-refractivity contribution is 0.466. The Kier molecular flexibility index (Phi) is 5.92. The quantitative estimate of drug-likeness (QED) is 0.518. The average Bonchev–Trinajstić information content (AvgIpc) is 3.06. The Hall–Kier alpha value is -1.54. The van der Waals surface area contributed by atoms with Crippen molar-refractivity contribution in [1.82, 2.24) is 10.2 Å². The molecule has 26 heavy (non-hydrogen) atoms. The van der Waals surface area contributed by atoms with Gasteiger partial charge in [-0.1, -0.05) is 52.7 Å². The van der Waals surface area contributed by atoms with Crippen molar-refractivity contribution in [3.8, 4) is 11.5 Å². The van der Waals surface area contributed by atoms with Crippen LogP contribution in [0.5, 0.6) is 0 Å². The molecule has 0 amide bonds. The molecule has 0 aliphatic carbocycles. The second-order valence-electron chi connectivity index (χ2n) is 5.48. The predicted molar refractivity (Wildman–Crippen MR) is 104 cm³/mol. The van der Waals surface area contributed by atoms with Crippen LogP contribution in [-0.2, 0) is 9.84 Å². The molecule has 2 aromatic carbocycles. The second-order valence-corrected chi connectivity index (χ2v) is 9.45. The maximum atomic E-state index is 12.4. The van der Waals surface area contributed by atoms with Gasteiger partial charge in [-0.25, -0.2) is 8.42 Å². The Bertz CT molecular complexity index is 1020. The van der Waals surface area contributed by atoms with Crippen LogP contribution in [0, 0.1) is 6.92 Å². The Morgan fingerprint density at radius 1 is 1.08 bits per heavy atom. The minimum atomic E-state index is -3.56. The minimum Gasteiger partial charge on any atom is -0.411 e. The average molecular weight is 429 g/mol. The van der Waals surface area contributed by atoms with Gasteiger partial charge in [-0.2, -0.15) is 0 Å². The van der Waals surface area contributed by atoms with Crippen LogP contribution in [0.1, 0.15) is 5.56 Å². The fourth-order valence-corrected chi connectivity index (χ4v) is 5.37. The molecule has 3 rings (SSSR count). The zero-order valence-electron chi connectivity index (χ0n) is 13.6. The van der Waals surface area contributed by atoms with Crippen LogP contribution in [0.2, 0.25) is 10.0 Å². The van der Waals surface area contributed by atoms with Gasteiger partial charge in [0.2, 0.25) is 5.89 Å². The zero-order valence-corrected chi connectivity index (χ0v) is 16.8. The Morgan fingerprint density at radius 3 is 2.54 bits per heavy atom. The van der Waals surface area contributed by atoms with E-state index >= 15 is 0 Å². The van der Waals surface area contributed by atoms with Crippen LogP contribution in [0.25, 0.3) is 11.5 Å². The van der Waals surface area contributed by atoms with Crippen molar-refractivity contribution in [3.63, 3.8) is 0 Å². The normalized spacial score (nSPS) is 11.7. The molecule has 0 atom stereocenters. The topological polar surface area (TPSA) is 73.1 Å². The van der Waals surface area contributed by atoms with Crippen LogP contribution >= 0.6 is 35.0 Å². The maximum Gasteiger partial charge on any atom is 0.276 e. The minimum absolute atomic E-state index is 0.0261. The van der Waals surface area contributed by atoms with E-state index in [0.717, 1.165) is 11.1 Å². The number of nitrogens with zero attached hydrogens (tertiary/aromatic N) is 2. The first-order valence-electron chi connectivity index (χ1n) is 7.56. The number of hydrogen-bond acceptors (Lipinski definition) is 6. The standard InChI is InChI=1S/C17H14Cl2N2O3S2/c1-11-2-4-12(5-3-11)16-20-21-17(24-16)25-8-9-26(22,23)15-10-13(18)6-7-14(15)19/h2-7,10H,8-9H2,1H3. The van der Waals surface area contributed by atoms with E-state index in [1.54, 1.807) is 6.07 Å². The van der Waals surface area contributed by atoms with Gasteiger partial charge in [0.05, 0.1) is 15.7 Å². The molecular formula is C17H14Cl2N2O3S2. The summed E-state index contributed by atoms with van der Waals surface area (Å²) in [5.74, 6) is 0.522. The van der Waals surface area contributed by atoms with Gasteiger partial charge in [-0.3, -0.25) is 0 Å². The highest BCUT2D eigenvalue weighted by molar-refractivity contribution is 8.00. The van der Waals surface area contributed by atoms with Crippen molar-refractivity contribution >= 4 is 44.8 Å². The Balaban J connectivity index is 1.65. The summed E-state index contributed by atoms with van der Waals surface area (Å²) in [6.07, 6.45) is 0. The van der Waals surface area contributed by atoms with Crippen LogP contribution in [0.3, 0.4) is 0 Å². The Labute approximate surface area is 165 Å². The first-order valence-corrected chi connectivity index (χ1v) is 11.0. The maximum absolute atomic E-state index is 12.4. The molecule has 1 aromatic heterocycles. The third-order valence-corrected chi connectivity index (χ3v) is 7.02. The molecule has 136 valence electrons. The van der Waals surface area contributed by atoms with Gasteiger partial charge in [0.25, 0.3) is 5.22 Å². The smallest absolute Gasteiger partial charge is 0.276 e. The fourth-order valence-electron chi connectivity index (χ4n) is 2.15. The second kappa shape index (κ2) is 8.00. The van der Waals surface area contributed by atoms with E-state index in [0.29, 0.717) is 16.1 Å². The molecule has 0 radical (unpaired) electrons. The summed E-state index contributed by atoms with van der Waals surface area (Å²) in [5.41, 5.74) is 1.95. The lowest BCUT2D eigenvalue weighted by Crippen LogP contribution is -2.09. The van der Waals surface area contributed by atoms with Crippen LogP contribution in [-0.4, -0.2) is 30.1 Å². The number of aromatic nitrogens is 2.